The minimum atomic E-state index is -0.801. The quantitative estimate of drug-likeness (QED) is 0.297. The summed E-state index contributed by atoms with van der Waals surface area (Å²) in [6, 6.07) is 19.6. The molecule has 2 aliphatic heterocycles. The van der Waals surface area contributed by atoms with E-state index < -0.39 is 12.0 Å². The fraction of sp³-hybridized carbons (Fsp3) is 0.167. The molecule has 10 heteroatoms. The number of methoxy groups -OCH3 is 1. The molecule has 0 fully saturated rings. The number of fused-ring (bicyclic) bond motifs is 2. The van der Waals surface area contributed by atoms with E-state index in [9.17, 15) is 9.59 Å². The summed E-state index contributed by atoms with van der Waals surface area (Å²) in [6.07, 6.45) is 1.81. The van der Waals surface area contributed by atoms with Gasteiger partial charge in [0.15, 0.2) is 16.3 Å². The van der Waals surface area contributed by atoms with Gasteiger partial charge in [-0.1, -0.05) is 53.8 Å². The van der Waals surface area contributed by atoms with Crippen molar-refractivity contribution in [2.24, 2.45) is 4.99 Å². The highest BCUT2D eigenvalue weighted by Gasteiger charge is 2.36. The summed E-state index contributed by atoms with van der Waals surface area (Å²) in [5, 5.41) is 0. The Morgan fingerprint density at radius 3 is 2.67 bits per heavy atom. The van der Waals surface area contributed by atoms with Crippen LogP contribution in [0.15, 0.2) is 86.6 Å². The van der Waals surface area contributed by atoms with Crippen LogP contribution in [0, 0.1) is 0 Å². The standard InChI is InChI=1S/C30H23BrN2O6S/c1-3-37-29(35)25-26(18-7-5-4-6-8-18)32-30-33(27(25)19-10-12-22-23(15-19)39-16-38-22)28(34)24(40-30)14-17-9-11-21(36-2)20(31)13-17/h4-15,27H,3,16H2,1-2H3/b24-14-/t27-/m0/s1. The van der Waals surface area contributed by atoms with Gasteiger partial charge in [0.25, 0.3) is 5.56 Å². The minimum Gasteiger partial charge on any atom is -0.496 e. The van der Waals surface area contributed by atoms with Gasteiger partial charge in [0.05, 0.1) is 40.0 Å². The molecule has 0 unspecified atom stereocenters. The predicted octanol–water partition coefficient (Wildman–Crippen LogP) is 4.44. The molecule has 0 N–H and O–H groups in total. The van der Waals surface area contributed by atoms with E-state index in [0.29, 0.717) is 37.8 Å². The number of thiazole rings is 1. The van der Waals surface area contributed by atoms with Crippen molar-refractivity contribution < 1.29 is 23.7 Å². The molecule has 8 nitrogen and oxygen atoms in total. The number of hydrogen-bond donors (Lipinski definition) is 0. The zero-order valence-corrected chi connectivity index (χ0v) is 24.0. The number of hydrogen-bond acceptors (Lipinski definition) is 8. The lowest BCUT2D eigenvalue weighted by atomic mass is 9.93. The van der Waals surface area contributed by atoms with Gasteiger partial charge in [0, 0.05) is 5.56 Å². The number of halogens is 1. The largest absolute Gasteiger partial charge is 0.496 e. The van der Waals surface area contributed by atoms with Crippen LogP contribution in [0.25, 0.3) is 11.8 Å². The second-order valence-corrected chi connectivity index (χ2v) is 10.8. The van der Waals surface area contributed by atoms with Crippen molar-refractivity contribution in [1.29, 1.82) is 0 Å². The molecule has 40 heavy (non-hydrogen) atoms. The van der Waals surface area contributed by atoms with Crippen molar-refractivity contribution in [2.75, 3.05) is 20.5 Å². The maximum atomic E-state index is 14.0. The lowest BCUT2D eigenvalue weighted by Gasteiger charge is -2.26. The second kappa shape index (κ2) is 10.8. The molecule has 3 aromatic carbocycles. The third-order valence-electron chi connectivity index (χ3n) is 6.56. The molecular formula is C30H23BrN2O6S. The van der Waals surface area contributed by atoms with Crippen molar-refractivity contribution in [3.05, 3.63) is 113 Å². The van der Waals surface area contributed by atoms with Gasteiger partial charge in [-0.3, -0.25) is 9.36 Å². The Morgan fingerprint density at radius 1 is 1.12 bits per heavy atom. The molecule has 0 spiro atoms. The molecule has 202 valence electrons. The van der Waals surface area contributed by atoms with E-state index in [1.54, 1.807) is 36.8 Å². The van der Waals surface area contributed by atoms with Crippen LogP contribution in [0.1, 0.15) is 29.7 Å². The van der Waals surface area contributed by atoms with Crippen LogP contribution in [0.2, 0.25) is 0 Å². The van der Waals surface area contributed by atoms with Gasteiger partial charge in [0.1, 0.15) is 5.75 Å². The van der Waals surface area contributed by atoms with Gasteiger partial charge in [-0.2, -0.15) is 0 Å². The molecule has 0 saturated heterocycles. The highest BCUT2D eigenvalue weighted by Crippen LogP contribution is 2.40. The fourth-order valence-corrected chi connectivity index (χ4v) is 6.32. The maximum absolute atomic E-state index is 14.0. The van der Waals surface area contributed by atoms with Gasteiger partial charge >= 0.3 is 5.97 Å². The van der Waals surface area contributed by atoms with Gasteiger partial charge in [0.2, 0.25) is 6.79 Å². The van der Waals surface area contributed by atoms with Gasteiger partial charge in [-0.15, -0.1) is 0 Å². The van der Waals surface area contributed by atoms with Gasteiger partial charge < -0.3 is 18.9 Å². The van der Waals surface area contributed by atoms with E-state index in [4.69, 9.17) is 23.9 Å². The van der Waals surface area contributed by atoms with Crippen molar-refractivity contribution in [3.63, 3.8) is 0 Å². The Bertz CT molecular complexity index is 1840. The Morgan fingerprint density at radius 2 is 1.93 bits per heavy atom. The molecule has 1 aromatic heterocycles. The van der Waals surface area contributed by atoms with Crippen LogP contribution < -0.4 is 29.1 Å². The number of benzene rings is 3. The highest BCUT2D eigenvalue weighted by atomic mass is 79.9. The molecule has 0 radical (unpaired) electrons. The Hall–Kier alpha value is -4.15. The van der Waals surface area contributed by atoms with Crippen molar-refractivity contribution in [1.82, 2.24) is 4.57 Å². The smallest absolute Gasteiger partial charge is 0.338 e. The highest BCUT2D eigenvalue weighted by molar-refractivity contribution is 9.10. The van der Waals surface area contributed by atoms with Crippen molar-refractivity contribution >= 4 is 45.0 Å². The summed E-state index contributed by atoms with van der Waals surface area (Å²) in [4.78, 5) is 33.0. The lowest BCUT2D eigenvalue weighted by molar-refractivity contribution is -0.138. The van der Waals surface area contributed by atoms with Crippen LogP contribution in [0.3, 0.4) is 0 Å². The summed E-state index contributed by atoms with van der Waals surface area (Å²) < 4.78 is 24.8. The zero-order valence-electron chi connectivity index (χ0n) is 21.5. The van der Waals surface area contributed by atoms with Crippen LogP contribution in [0.5, 0.6) is 17.2 Å². The number of nitrogens with zero attached hydrogens (tertiary/aromatic N) is 2. The second-order valence-electron chi connectivity index (χ2n) is 8.94. The Balaban J connectivity index is 1.62. The van der Waals surface area contributed by atoms with Gasteiger partial charge in [-0.25, -0.2) is 9.79 Å². The molecule has 0 saturated carbocycles. The first kappa shape index (κ1) is 26.1. The zero-order chi connectivity index (χ0) is 27.8. The average molecular weight is 619 g/mol. The summed E-state index contributed by atoms with van der Waals surface area (Å²) in [6.45, 7) is 2.03. The molecule has 0 aliphatic carbocycles. The number of rotatable bonds is 6. The Kier molecular flexibility index (Phi) is 7.03. The van der Waals surface area contributed by atoms with Crippen LogP contribution in [0.4, 0.5) is 0 Å². The predicted molar refractivity (Wildman–Crippen MR) is 154 cm³/mol. The first-order valence-electron chi connectivity index (χ1n) is 12.5. The number of carbonyl (C=O) groups excluding carboxylic acids is 1. The first-order chi connectivity index (χ1) is 19.5. The van der Waals surface area contributed by atoms with Crippen LogP contribution in [-0.2, 0) is 9.53 Å². The number of esters is 1. The van der Waals surface area contributed by atoms with E-state index in [1.165, 1.54) is 11.3 Å². The molecule has 4 aromatic rings. The number of aromatic nitrogens is 1. The first-order valence-corrected chi connectivity index (χ1v) is 14.1. The van der Waals surface area contributed by atoms with E-state index >= 15 is 0 Å². The molecule has 3 heterocycles. The van der Waals surface area contributed by atoms with E-state index in [2.05, 4.69) is 15.9 Å². The third-order valence-corrected chi connectivity index (χ3v) is 8.16. The Labute approximate surface area is 241 Å². The van der Waals surface area contributed by atoms with E-state index in [-0.39, 0.29) is 24.5 Å². The topological polar surface area (TPSA) is 88.4 Å². The number of ether oxygens (including phenoxy) is 4. The van der Waals surface area contributed by atoms with Crippen LogP contribution in [-0.4, -0.2) is 31.0 Å². The molecule has 0 bridgehead atoms. The number of carbonyl (C=O) groups is 1. The summed E-state index contributed by atoms with van der Waals surface area (Å²) in [7, 11) is 1.60. The molecule has 2 aliphatic rings. The van der Waals surface area contributed by atoms with Crippen LogP contribution >= 0.6 is 27.3 Å². The normalized spacial score (nSPS) is 16.0. The molecule has 1 atom stereocenters. The SMILES string of the molecule is CCOC(=O)C1=C(c2ccccc2)N=c2s/c(=C\c3ccc(OC)c(Br)c3)c(=O)n2[C@H]1c1ccc2c(c1)OCO2. The summed E-state index contributed by atoms with van der Waals surface area (Å²) >= 11 is 4.77. The average Bonchev–Trinajstić information content (AvgIpc) is 3.56. The van der Waals surface area contributed by atoms with Gasteiger partial charge in [-0.05, 0) is 64.3 Å². The monoisotopic (exact) mass is 618 g/mol. The summed E-state index contributed by atoms with van der Waals surface area (Å²) in [5.74, 6) is 1.30. The molecule has 6 rings (SSSR count). The van der Waals surface area contributed by atoms with Crippen molar-refractivity contribution in [3.8, 4) is 17.2 Å². The summed E-state index contributed by atoms with van der Waals surface area (Å²) in [5.41, 5.74) is 2.70. The van der Waals surface area contributed by atoms with E-state index in [1.807, 2.05) is 54.6 Å². The van der Waals surface area contributed by atoms with Crippen molar-refractivity contribution in [2.45, 2.75) is 13.0 Å². The fourth-order valence-electron chi connectivity index (χ4n) is 4.76. The molecular weight excluding hydrogens is 596 g/mol. The molecule has 0 amide bonds. The van der Waals surface area contributed by atoms with E-state index in [0.717, 1.165) is 15.6 Å². The minimum absolute atomic E-state index is 0.106. The third kappa shape index (κ3) is 4.63. The maximum Gasteiger partial charge on any atom is 0.338 e. The lowest BCUT2D eigenvalue weighted by Crippen LogP contribution is -2.40.